The van der Waals surface area contributed by atoms with Gasteiger partial charge in [0.15, 0.2) is 0 Å². The van der Waals surface area contributed by atoms with Gasteiger partial charge in [0, 0.05) is 25.2 Å². The first-order valence-electron chi connectivity index (χ1n) is 7.90. The molecule has 0 fully saturated rings. The second-order valence-electron chi connectivity index (χ2n) is 5.61. The Labute approximate surface area is 118 Å². The Bertz CT molecular complexity index is 344. The molecule has 0 aliphatic heterocycles. The number of nitrogens with zero attached hydrogens (tertiary/aromatic N) is 2. The van der Waals surface area contributed by atoms with Gasteiger partial charge in [-0.2, -0.15) is 5.10 Å². The van der Waals surface area contributed by atoms with E-state index in [4.69, 9.17) is 0 Å². The topological polar surface area (TPSA) is 29.9 Å². The van der Waals surface area contributed by atoms with Crippen LogP contribution >= 0.6 is 0 Å². The van der Waals surface area contributed by atoms with Crippen LogP contribution in [0.15, 0.2) is 6.07 Å². The fourth-order valence-corrected chi connectivity index (χ4v) is 2.55. The maximum atomic E-state index is 4.44. The highest BCUT2D eigenvalue weighted by Crippen LogP contribution is 2.11. The highest BCUT2D eigenvalue weighted by atomic mass is 15.3. The SMILES string of the molecule is CCCCCCC(Cc1cc(C)nn1C)NCCC. The van der Waals surface area contributed by atoms with Crippen LogP contribution < -0.4 is 5.32 Å². The van der Waals surface area contributed by atoms with Crippen molar-refractivity contribution in [2.75, 3.05) is 6.54 Å². The van der Waals surface area contributed by atoms with E-state index in [1.165, 1.54) is 44.2 Å². The molecule has 3 nitrogen and oxygen atoms in total. The molecule has 1 N–H and O–H groups in total. The van der Waals surface area contributed by atoms with Crippen LogP contribution in [0.2, 0.25) is 0 Å². The number of hydrogen-bond acceptors (Lipinski definition) is 2. The fourth-order valence-electron chi connectivity index (χ4n) is 2.55. The van der Waals surface area contributed by atoms with E-state index >= 15 is 0 Å². The fraction of sp³-hybridized carbons (Fsp3) is 0.812. The Morgan fingerprint density at radius 3 is 2.58 bits per heavy atom. The summed E-state index contributed by atoms with van der Waals surface area (Å²) < 4.78 is 2.03. The zero-order valence-electron chi connectivity index (χ0n) is 13.2. The lowest BCUT2D eigenvalue weighted by molar-refractivity contribution is 0.444. The molecule has 0 aliphatic rings. The summed E-state index contributed by atoms with van der Waals surface area (Å²) in [7, 11) is 2.05. The van der Waals surface area contributed by atoms with Gasteiger partial charge in [-0.25, -0.2) is 0 Å². The smallest absolute Gasteiger partial charge is 0.0596 e. The predicted octanol–water partition coefficient (Wildman–Crippen LogP) is 3.61. The quantitative estimate of drug-likeness (QED) is 0.655. The van der Waals surface area contributed by atoms with Gasteiger partial charge >= 0.3 is 0 Å². The molecule has 0 saturated heterocycles. The van der Waals surface area contributed by atoms with E-state index in [1.54, 1.807) is 0 Å². The van der Waals surface area contributed by atoms with Gasteiger partial charge in [0.1, 0.15) is 0 Å². The molecule has 1 aromatic rings. The van der Waals surface area contributed by atoms with Gasteiger partial charge in [0.05, 0.1) is 5.69 Å². The molecule has 0 amide bonds. The van der Waals surface area contributed by atoms with Crippen LogP contribution in [0.5, 0.6) is 0 Å². The van der Waals surface area contributed by atoms with Crippen molar-refractivity contribution in [3.05, 3.63) is 17.5 Å². The molecular weight excluding hydrogens is 234 g/mol. The Morgan fingerprint density at radius 1 is 1.21 bits per heavy atom. The van der Waals surface area contributed by atoms with E-state index in [1.807, 2.05) is 4.68 Å². The van der Waals surface area contributed by atoms with Crippen LogP contribution in [-0.4, -0.2) is 22.4 Å². The molecule has 1 unspecified atom stereocenters. The summed E-state index contributed by atoms with van der Waals surface area (Å²) in [5.41, 5.74) is 2.47. The van der Waals surface area contributed by atoms with Gasteiger partial charge in [0.2, 0.25) is 0 Å². The van der Waals surface area contributed by atoms with Gasteiger partial charge in [-0.15, -0.1) is 0 Å². The molecule has 0 aromatic carbocycles. The molecule has 110 valence electrons. The zero-order chi connectivity index (χ0) is 14.1. The number of hydrogen-bond donors (Lipinski definition) is 1. The maximum Gasteiger partial charge on any atom is 0.0596 e. The second-order valence-corrected chi connectivity index (χ2v) is 5.61. The van der Waals surface area contributed by atoms with Crippen LogP contribution in [0.3, 0.4) is 0 Å². The van der Waals surface area contributed by atoms with Crippen LogP contribution in [0.25, 0.3) is 0 Å². The van der Waals surface area contributed by atoms with Gasteiger partial charge in [-0.1, -0.05) is 39.5 Å². The minimum absolute atomic E-state index is 0.603. The van der Waals surface area contributed by atoms with E-state index in [9.17, 15) is 0 Å². The maximum absolute atomic E-state index is 4.44. The summed E-state index contributed by atoms with van der Waals surface area (Å²) in [5, 5.41) is 8.13. The van der Waals surface area contributed by atoms with Crippen molar-refractivity contribution in [1.29, 1.82) is 0 Å². The molecule has 1 aromatic heterocycles. The molecule has 3 heteroatoms. The highest BCUT2D eigenvalue weighted by Gasteiger charge is 2.11. The van der Waals surface area contributed by atoms with Crippen molar-refractivity contribution in [2.45, 2.75) is 71.8 Å². The summed E-state index contributed by atoms with van der Waals surface area (Å²) >= 11 is 0. The summed E-state index contributed by atoms with van der Waals surface area (Å²) in [6.07, 6.45) is 8.97. The number of aryl methyl sites for hydroxylation is 2. The average molecular weight is 265 g/mol. The van der Waals surface area contributed by atoms with E-state index < -0.39 is 0 Å². The number of nitrogens with one attached hydrogen (secondary N) is 1. The summed E-state index contributed by atoms with van der Waals surface area (Å²) in [6, 6.07) is 2.82. The highest BCUT2D eigenvalue weighted by molar-refractivity contribution is 5.10. The minimum atomic E-state index is 0.603. The lowest BCUT2D eigenvalue weighted by Gasteiger charge is -2.18. The van der Waals surface area contributed by atoms with Gasteiger partial charge < -0.3 is 5.32 Å². The van der Waals surface area contributed by atoms with Crippen molar-refractivity contribution >= 4 is 0 Å². The number of aromatic nitrogens is 2. The van der Waals surface area contributed by atoms with Gasteiger partial charge in [-0.05, 0) is 32.4 Å². The Hall–Kier alpha value is -0.830. The average Bonchev–Trinajstić information content (AvgIpc) is 2.69. The van der Waals surface area contributed by atoms with Gasteiger partial charge in [-0.3, -0.25) is 4.68 Å². The first-order chi connectivity index (χ1) is 9.17. The molecule has 0 saturated carbocycles. The molecule has 0 bridgehead atoms. The largest absolute Gasteiger partial charge is 0.314 e. The summed E-state index contributed by atoms with van der Waals surface area (Å²) in [5.74, 6) is 0. The van der Waals surface area contributed by atoms with Crippen LogP contribution in [-0.2, 0) is 13.5 Å². The standard InChI is InChI=1S/C16H31N3/c1-5-7-8-9-10-15(17-11-6-2)13-16-12-14(3)18-19(16)4/h12,15,17H,5-11,13H2,1-4H3. The Morgan fingerprint density at radius 2 is 2.00 bits per heavy atom. The molecule has 0 radical (unpaired) electrons. The van der Waals surface area contributed by atoms with E-state index in [0.29, 0.717) is 6.04 Å². The molecular formula is C16H31N3. The first-order valence-corrected chi connectivity index (χ1v) is 7.90. The molecule has 1 rings (SSSR count). The predicted molar refractivity (Wildman–Crippen MR) is 82.5 cm³/mol. The molecule has 0 spiro atoms. The van der Waals surface area contributed by atoms with Crippen LogP contribution in [0.1, 0.15) is 63.8 Å². The van der Waals surface area contributed by atoms with Crippen molar-refractivity contribution in [1.82, 2.24) is 15.1 Å². The molecule has 19 heavy (non-hydrogen) atoms. The lowest BCUT2D eigenvalue weighted by Crippen LogP contribution is -2.32. The third-order valence-electron chi connectivity index (χ3n) is 3.64. The van der Waals surface area contributed by atoms with Crippen molar-refractivity contribution in [3.8, 4) is 0 Å². The second kappa shape index (κ2) is 9.13. The van der Waals surface area contributed by atoms with Crippen molar-refractivity contribution < 1.29 is 0 Å². The monoisotopic (exact) mass is 265 g/mol. The minimum Gasteiger partial charge on any atom is -0.314 e. The lowest BCUT2D eigenvalue weighted by atomic mass is 10.0. The molecule has 0 aliphatic carbocycles. The normalized spacial score (nSPS) is 12.8. The van der Waals surface area contributed by atoms with Crippen LogP contribution in [0.4, 0.5) is 0 Å². The summed E-state index contributed by atoms with van der Waals surface area (Å²) in [4.78, 5) is 0. The van der Waals surface area contributed by atoms with Crippen LogP contribution in [0, 0.1) is 6.92 Å². The van der Waals surface area contributed by atoms with E-state index in [0.717, 1.165) is 18.7 Å². The Balaban J connectivity index is 2.46. The molecule has 1 heterocycles. The zero-order valence-corrected chi connectivity index (χ0v) is 13.2. The number of unbranched alkanes of at least 4 members (excludes halogenated alkanes) is 3. The van der Waals surface area contributed by atoms with Crippen molar-refractivity contribution in [3.63, 3.8) is 0 Å². The first kappa shape index (κ1) is 16.2. The third-order valence-corrected chi connectivity index (χ3v) is 3.64. The summed E-state index contributed by atoms with van der Waals surface area (Å²) in [6.45, 7) is 7.69. The molecule has 1 atom stereocenters. The van der Waals surface area contributed by atoms with Gasteiger partial charge in [0.25, 0.3) is 0 Å². The van der Waals surface area contributed by atoms with E-state index in [2.05, 4.69) is 44.3 Å². The van der Waals surface area contributed by atoms with Crippen molar-refractivity contribution in [2.24, 2.45) is 7.05 Å². The number of rotatable bonds is 10. The third kappa shape index (κ3) is 6.24. The Kier molecular flexibility index (Phi) is 7.80. The van der Waals surface area contributed by atoms with E-state index in [-0.39, 0.29) is 0 Å².